The molecule has 0 radical (unpaired) electrons. The molecule has 1 amide bonds. The van der Waals surface area contributed by atoms with E-state index in [9.17, 15) is 37.5 Å². The number of benzene rings is 1. The van der Waals surface area contributed by atoms with Crippen molar-refractivity contribution < 1.29 is 32.6 Å². The molecule has 1 atom stereocenters. The Balaban J connectivity index is 1.53. The van der Waals surface area contributed by atoms with Gasteiger partial charge in [0.2, 0.25) is 0 Å². The lowest BCUT2D eigenvalue weighted by Gasteiger charge is -2.34. The van der Waals surface area contributed by atoms with Crippen LogP contribution in [-0.4, -0.2) is 50.4 Å². The Labute approximate surface area is 202 Å². The molecule has 0 spiro atoms. The van der Waals surface area contributed by atoms with Crippen LogP contribution in [0.3, 0.4) is 0 Å². The Hall–Kier alpha value is -3.57. The lowest BCUT2D eigenvalue weighted by Crippen LogP contribution is -2.46. The molecule has 2 aromatic rings. The zero-order valence-corrected chi connectivity index (χ0v) is 19.2. The topological polar surface area (TPSA) is 111 Å². The minimum atomic E-state index is -4.59. The monoisotopic (exact) mass is 507 g/mol. The minimum Gasteiger partial charge on any atom is -0.477 e. The molecule has 2 heterocycles. The number of rotatable bonds is 4. The van der Waals surface area contributed by atoms with Gasteiger partial charge < -0.3 is 14.7 Å². The van der Waals surface area contributed by atoms with Crippen molar-refractivity contribution >= 4 is 12.1 Å². The average molecular weight is 507 g/mol. The van der Waals surface area contributed by atoms with Gasteiger partial charge in [-0.15, -0.1) is 0 Å². The van der Waals surface area contributed by atoms with E-state index >= 15 is 0 Å². The van der Waals surface area contributed by atoms with Crippen molar-refractivity contribution in [3.05, 3.63) is 67.5 Å². The molecule has 1 saturated carbocycles. The van der Waals surface area contributed by atoms with E-state index in [1.807, 2.05) is 0 Å². The Morgan fingerprint density at radius 3 is 2.33 bits per heavy atom. The van der Waals surface area contributed by atoms with Crippen LogP contribution < -0.4 is 11.2 Å². The predicted octanol–water partition coefficient (Wildman–Crippen LogP) is 3.20. The van der Waals surface area contributed by atoms with Gasteiger partial charge in [0.05, 0.1) is 18.2 Å². The number of cyclic esters (lactones) is 1. The highest BCUT2D eigenvalue weighted by molar-refractivity contribution is 5.86. The zero-order valence-electron chi connectivity index (χ0n) is 19.2. The predicted molar refractivity (Wildman–Crippen MR) is 119 cm³/mol. The number of aromatic carboxylic acids is 1. The maximum Gasteiger partial charge on any atom is 0.416 e. The summed E-state index contributed by atoms with van der Waals surface area (Å²) in [7, 11) is 0. The molecule has 2 fully saturated rings. The Kier molecular flexibility index (Phi) is 5.92. The summed E-state index contributed by atoms with van der Waals surface area (Å²) in [6.45, 7) is 0.813. The van der Waals surface area contributed by atoms with E-state index in [1.54, 1.807) is 4.90 Å². The van der Waals surface area contributed by atoms with Crippen molar-refractivity contribution in [2.45, 2.75) is 62.8 Å². The number of carbonyl (C=O) groups excluding carboxylic acids is 1. The number of aromatic nitrogens is 2. The third-order valence-corrected chi connectivity index (χ3v) is 7.52. The molecule has 1 aromatic heterocycles. The average Bonchev–Trinajstić information content (AvgIpc) is 3.45. The lowest BCUT2D eigenvalue weighted by atomic mass is 9.90. The Morgan fingerprint density at radius 2 is 1.72 bits per heavy atom. The number of ether oxygens (including phenoxy) is 1. The summed E-state index contributed by atoms with van der Waals surface area (Å²) in [6.07, 6.45) is -1.79. The molecule has 1 unspecified atom stereocenters. The molecule has 5 rings (SSSR count). The summed E-state index contributed by atoms with van der Waals surface area (Å²) in [5.74, 6) is -1.52. The van der Waals surface area contributed by atoms with Crippen LogP contribution in [0.2, 0.25) is 0 Å². The fourth-order valence-corrected chi connectivity index (χ4v) is 5.83. The van der Waals surface area contributed by atoms with E-state index in [0.717, 1.165) is 16.8 Å². The largest absolute Gasteiger partial charge is 0.477 e. The van der Waals surface area contributed by atoms with Gasteiger partial charge in [-0.3, -0.25) is 13.9 Å². The van der Waals surface area contributed by atoms with E-state index in [-0.39, 0.29) is 36.1 Å². The summed E-state index contributed by atoms with van der Waals surface area (Å²) in [4.78, 5) is 52.1. The van der Waals surface area contributed by atoms with E-state index in [2.05, 4.69) is 0 Å². The number of halogens is 3. The van der Waals surface area contributed by atoms with Gasteiger partial charge in [0.15, 0.2) is 0 Å². The molecular weight excluding hydrogens is 483 g/mol. The van der Waals surface area contributed by atoms with Crippen molar-refractivity contribution in [1.29, 1.82) is 0 Å². The van der Waals surface area contributed by atoms with E-state index in [0.29, 0.717) is 38.8 Å². The molecule has 1 aliphatic heterocycles. The highest BCUT2D eigenvalue weighted by Crippen LogP contribution is 2.41. The van der Waals surface area contributed by atoms with Crippen LogP contribution in [-0.2, 0) is 17.3 Å². The van der Waals surface area contributed by atoms with Crippen LogP contribution >= 0.6 is 0 Å². The van der Waals surface area contributed by atoms with Gasteiger partial charge in [0, 0.05) is 18.3 Å². The quantitative estimate of drug-likeness (QED) is 0.681. The summed E-state index contributed by atoms with van der Waals surface area (Å²) in [5, 5.41) is 9.67. The smallest absolute Gasteiger partial charge is 0.416 e. The molecule has 12 heteroatoms. The highest BCUT2D eigenvalue weighted by atomic mass is 19.4. The molecule has 1 saturated heterocycles. The standard InChI is InChI=1S/C24H24F3N3O6/c25-24(26,27)18-3-1-2-16-15(18)8-9-19(16)30-20(31)17(21(32)33)12-29(22(30)34)14-6-4-13(5-7-14)28-10-11-36-23(28)35/h1-3,12-14,19H,4-11H2,(H,32,33)/t13-,14-,19?. The second-order valence-corrected chi connectivity index (χ2v) is 9.41. The zero-order chi connectivity index (χ0) is 25.8. The molecule has 3 aliphatic rings. The molecule has 2 aliphatic carbocycles. The van der Waals surface area contributed by atoms with Crippen molar-refractivity contribution in [1.82, 2.24) is 14.0 Å². The van der Waals surface area contributed by atoms with Crippen molar-refractivity contribution in [3.63, 3.8) is 0 Å². The third kappa shape index (κ3) is 3.97. The number of carboxylic acid groups (broad SMARTS) is 1. The van der Waals surface area contributed by atoms with E-state index in [1.165, 1.54) is 16.7 Å². The lowest BCUT2D eigenvalue weighted by molar-refractivity contribution is -0.138. The number of carbonyl (C=O) groups is 2. The van der Waals surface area contributed by atoms with E-state index < -0.39 is 46.6 Å². The molecular formula is C24H24F3N3O6. The summed E-state index contributed by atoms with van der Waals surface area (Å²) >= 11 is 0. The fourth-order valence-electron chi connectivity index (χ4n) is 5.83. The van der Waals surface area contributed by atoms with Gasteiger partial charge in [-0.2, -0.15) is 13.2 Å². The van der Waals surface area contributed by atoms with Crippen LogP contribution in [0.4, 0.5) is 18.0 Å². The summed E-state index contributed by atoms with van der Waals surface area (Å²) < 4.78 is 47.6. The maximum atomic E-state index is 13.6. The minimum absolute atomic E-state index is 0.00983. The van der Waals surface area contributed by atoms with Gasteiger partial charge in [0.25, 0.3) is 5.56 Å². The van der Waals surface area contributed by atoms with Crippen LogP contribution in [0.15, 0.2) is 34.0 Å². The highest BCUT2D eigenvalue weighted by Gasteiger charge is 2.39. The van der Waals surface area contributed by atoms with Crippen molar-refractivity contribution in [2.24, 2.45) is 0 Å². The summed E-state index contributed by atoms with van der Waals surface area (Å²) in [5.41, 5.74) is -2.98. The van der Waals surface area contributed by atoms with E-state index in [4.69, 9.17) is 4.74 Å². The second kappa shape index (κ2) is 8.82. The van der Waals surface area contributed by atoms with Crippen molar-refractivity contribution in [2.75, 3.05) is 13.2 Å². The number of alkyl halides is 3. The molecule has 9 nitrogen and oxygen atoms in total. The normalized spacial score (nSPS) is 24.0. The first-order valence-electron chi connectivity index (χ1n) is 11.8. The van der Waals surface area contributed by atoms with Gasteiger partial charge in [-0.1, -0.05) is 12.1 Å². The molecule has 1 N–H and O–H groups in total. The first-order chi connectivity index (χ1) is 17.1. The second-order valence-electron chi connectivity index (χ2n) is 9.41. The van der Waals surface area contributed by atoms with Gasteiger partial charge in [-0.25, -0.2) is 14.4 Å². The van der Waals surface area contributed by atoms with Crippen LogP contribution in [0.25, 0.3) is 0 Å². The number of fused-ring (bicyclic) bond motifs is 1. The molecule has 1 aromatic carbocycles. The number of hydrogen-bond donors (Lipinski definition) is 1. The first-order valence-corrected chi connectivity index (χ1v) is 11.8. The Bertz CT molecular complexity index is 1340. The van der Waals surface area contributed by atoms with Crippen LogP contribution in [0, 0.1) is 0 Å². The number of amides is 1. The van der Waals surface area contributed by atoms with Gasteiger partial charge in [0.1, 0.15) is 12.2 Å². The maximum absolute atomic E-state index is 13.6. The molecule has 0 bridgehead atoms. The molecule has 36 heavy (non-hydrogen) atoms. The number of hydrogen-bond acceptors (Lipinski definition) is 5. The molecule has 192 valence electrons. The van der Waals surface area contributed by atoms with Gasteiger partial charge in [-0.05, 0) is 55.7 Å². The van der Waals surface area contributed by atoms with Crippen molar-refractivity contribution in [3.8, 4) is 0 Å². The SMILES string of the molecule is O=C(O)c1cn([C@H]2CC[C@H](N3CCOC3=O)CC2)c(=O)n(C2CCc3c2cccc3C(F)(F)F)c1=O. The van der Waals surface area contributed by atoms with Crippen LogP contribution in [0.5, 0.6) is 0 Å². The third-order valence-electron chi connectivity index (χ3n) is 7.52. The summed E-state index contributed by atoms with van der Waals surface area (Å²) in [6, 6.07) is 2.18. The fraction of sp³-hybridized carbons (Fsp3) is 0.500. The van der Waals surface area contributed by atoms with Gasteiger partial charge >= 0.3 is 23.9 Å². The Morgan fingerprint density at radius 1 is 1.03 bits per heavy atom. The number of carboxylic acids is 1. The number of nitrogens with zero attached hydrogens (tertiary/aromatic N) is 3. The first kappa shape index (κ1) is 24.1. The van der Waals surface area contributed by atoms with Crippen LogP contribution in [0.1, 0.15) is 71.2 Å².